The van der Waals surface area contributed by atoms with Crippen LogP contribution < -0.4 is 5.32 Å². The first-order valence-electron chi connectivity index (χ1n) is 8.33. The molecule has 4 rings (SSSR count). The molecule has 1 N–H and O–H groups in total. The number of halogens is 1. The summed E-state index contributed by atoms with van der Waals surface area (Å²) in [6, 6.07) is 14.8. The summed E-state index contributed by atoms with van der Waals surface area (Å²) >= 11 is 3.47. The molecule has 1 saturated carbocycles. The predicted molar refractivity (Wildman–Crippen MR) is 99.0 cm³/mol. The Kier molecular flexibility index (Phi) is 4.20. The van der Waals surface area contributed by atoms with Crippen molar-refractivity contribution < 1.29 is 13.2 Å². The van der Waals surface area contributed by atoms with Crippen molar-refractivity contribution in [2.75, 3.05) is 5.75 Å². The molecular formula is C19H18BrNO3S. The number of carbonyl (C=O) groups is 1. The monoisotopic (exact) mass is 419 g/mol. The average molecular weight is 420 g/mol. The fourth-order valence-corrected chi connectivity index (χ4v) is 5.65. The van der Waals surface area contributed by atoms with Crippen LogP contribution in [0.1, 0.15) is 35.9 Å². The Hall–Kier alpha value is -1.66. The summed E-state index contributed by atoms with van der Waals surface area (Å²) in [6.07, 6.45) is 1.27. The second kappa shape index (κ2) is 6.25. The third-order valence-electron chi connectivity index (χ3n) is 5.03. The van der Waals surface area contributed by atoms with E-state index in [1.807, 2.05) is 24.3 Å². The van der Waals surface area contributed by atoms with Crippen LogP contribution in [-0.2, 0) is 14.6 Å². The van der Waals surface area contributed by atoms with E-state index in [0.717, 1.165) is 10.9 Å². The molecule has 1 aliphatic heterocycles. The number of nitrogens with one attached hydrogen (secondary N) is 1. The molecule has 1 aliphatic carbocycles. The highest BCUT2D eigenvalue weighted by Gasteiger charge is 2.45. The van der Waals surface area contributed by atoms with E-state index in [1.165, 1.54) is 5.56 Å². The summed E-state index contributed by atoms with van der Waals surface area (Å²) in [4.78, 5) is 13.0. The molecular weight excluding hydrogens is 402 g/mol. The minimum atomic E-state index is -3.23. The quantitative estimate of drug-likeness (QED) is 0.826. The maximum atomic E-state index is 12.6. The van der Waals surface area contributed by atoms with Gasteiger partial charge in [-0.05, 0) is 48.1 Å². The zero-order valence-corrected chi connectivity index (χ0v) is 15.9. The van der Waals surface area contributed by atoms with Gasteiger partial charge in [-0.2, -0.15) is 0 Å². The molecule has 25 heavy (non-hydrogen) atoms. The predicted octanol–water partition coefficient (Wildman–Crippen LogP) is 3.59. The Morgan fingerprint density at radius 2 is 1.92 bits per heavy atom. The Labute approximate surface area is 155 Å². The largest absolute Gasteiger partial charge is 0.349 e. The van der Waals surface area contributed by atoms with Gasteiger partial charge in [-0.1, -0.05) is 46.3 Å². The van der Waals surface area contributed by atoms with Gasteiger partial charge in [0.25, 0.3) is 0 Å². The molecule has 0 spiro atoms. The van der Waals surface area contributed by atoms with Crippen molar-refractivity contribution in [3.8, 4) is 0 Å². The molecule has 130 valence electrons. The number of fused-ring (bicyclic) bond motifs is 1. The van der Waals surface area contributed by atoms with Gasteiger partial charge in [0.1, 0.15) is 0 Å². The summed E-state index contributed by atoms with van der Waals surface area (Å²) in [6.45, 7) is 0. The summed E-state index contributed by atoms with van der Waals surface area (Å²) in [5, 5.41) is 3.07. The van der Waals surface area contributed by atoms with Crippen molar-refractivity contribution in [2.45, 2.75) is 29.7 Å². The Morgan fingerprint density at radius 1 is 1.12 bits per heavy atom. The van der Waals surface area contributed by atoms with Crippen LogP contribution in [0.15, 0.2) is 57.9 Å². The van der Waals surface area contributed by atoms with Gasteiger partial charge in [0, 0.05) is 10.4 Å². The summed E-state index contributed by atoms with van der Waals surface area (Å²) < 4.78 is 25.4. The molecule has 0 bridgehead atoms. The molecule has 3 atom stereocenters. The lowest BCUT2D eigenvalue weighted by molar-refractivity contribution is -0.123. The summed E-state index contributed by atoms with van der Waals surface area (Å²) in [5.41, 5.74) is 1.88. The van der Waals surface area contributed by atoms with Crippen LogP contribution in [0.2, 0.25) is 0 Å². The Bertz CT molecular complexity index is 941. The van der Waals surface area contributed by atoms with Crippen LogP contribution in [0, 0.1) is 5.92 Å². The number of hydrogen-bond acceptors (Lipinski definition) is 3. The van der Waals surface area contributed by atoms with Gasteiger partial charge in [-0.3, -0.25) is 4.79 Å². The number of benzene rings is 2. The maximum Gasteiger partial charge on any atom is 0.224 e. The van der Waals surface area contributed by atoms with E-state index in [1.54, 1.807) is 18.2 Å². The molecule has 0 radical (unpaired) electrons. The highest BCUT2D eigenvalue weighted by atomic mass is 79.9. The van der Waals surface area contributed by atoms with Crippen LogP contribution in [0.5, 0.6) is 0 Å². The molecule has 2 aliphatic rings. The van der Waals surface area contributed by atoms with Crippen LogP contribution in [-0.4, -0.2) is 20.1 Å². The fourth-order valence-electron chi connectivity index (χ4n) is 3.61. The van der Waals surface area contributed by atoms with E-state index in [4.69, 9.17) is 0 Å². The van der Waals surface area contributed by atoms with Crippen molar-refractivity contribution in [3.63, 3.8) is 0 Å². The lowest BCUT2D eigenvalue weighted by atomic mass is 10.0. The zero-order chi connectivity index (χ0) is 17.6. The van der Waals surface area contributed by atoms with Gasteiger partial charge in [0.05, 0.1) is 16.7 Å². The summed E-state index contributed by atoms with van der Waals surface area (Å²) in [5.74, 6) is 0.318. The third kappa shape index (κ3) is 3.25. The van der Waals surface area contributed by atoms with Crippen LogP contribution in [0.4, 0.5) is 0 Å². The van der Waals surface area contributed by atoms with E-state index in [9.17, 15) is 13.2 Å². The number of hydrogen-bond donors (Lipinski definition) is 1. The van der Waals surface area contributed by atoms with E-state index in [-0.39, 0.29) is 29.5 Å². The Morgan fingerprint density at radius 3 is 2.72 bits per heavy atom. The van der Waals surface area contributed by atoms with Gasteiger partial charge < -0.3 is 5.32 Å². The van der Waals surface area contributed by atoms with E-state index in [2.05, 4.69) is 27.3 Å². The van der Waals surface area contributed by atoms with Crippen molar-refractivity contribution in [3.05, 3.63) is 64.1 Å². The molecule has 1 heterocycles. The number of carbonyl (C=O) groups excluding carboxylic acids is 1. The highest BCUT2D eigenvalue weighted by molar-refractivity contribution is 9.10. The molecule has 2 aromatic rings. The number of sulfone groups is 1. The molecule has 1 fully saturated rings. The highest BCUT2D eigenvalue weighted by Crippen LogP contribution is 2.48. The Balaban J connectivity index is 1.49. The summed E-state index contributed by atoms with van der Waals surface area (Å²) in [7, 11) is -3.23. The van der Waals surface area contributed by atoms with E-state index in [0.29, 0.717) is 16.9 Å². The minimum Gasteiger partial charge on any atom is -0.349 e. The maximum absolute atomic E-state index is 12.6. The van der Waals surface area contributed by atoms with Crippen LogP contribution >= 0.6 is 15.9 Å². The lowest BCUT2D eigenvalue weighted by Gasteiger charge is -2.26. The van der Waals surface area contributed by atoms with Gasteiger partial charge in [-0.25, -0.2) is 8.42 Å². The third-order valence-corrected chi connectivity index (χ3v) is 7.33. The second-order valence-corrected chi connectivity index (χ2v) is 9.70. The van der Waals surface area contributed by atoms with Crippen LogP contribution in [0.25, 0.3) is 0 Å². The average Bonchev–Trinajstić information content (AvgIpc) is 3.39. The molecule has 6 heteroatoms. The molecule has 4 nitrogen and oxygen atoms in total. The van der Waals surface area contributed by atoms with Crippen molar-refractivity contribution >= 4 is 31.7 Å². The second-order valence-electron chi connectivity index (χ2n) is 6.71. The van der Waals surface area contributed by atoms with E-state index >= 15 is 0 Å². The minimum absolute atomic E-state index is 0.0177. The zero-order valence-electron chi connectivity index (χ0n) is 13.5. The van der Waals surface area contributed by atoms with Gasteiger partial charge >= 0.3 is 0 Å². The van der Waals surface area contributed by atoms with Crippen molar-refractivity contribution in [1.29, 1.82) is 0 Å². The van der Waals surface area contributed by atoms with Gasteiger partial charge in [-0.15, -0.1) is 0 Å². The van der Waals surface area contributed by atoms with Gasteiger partial charge in [0.2, 0.25) is 5.91 Å². The first kappa shape index (κ1) is 16.8. The van der Waals surface area contributed by atoms with E-state index < -0.39 is 9.84 Å². The topological polar surface area (TPSA) is 63.2 Å². The standard InChI is InChI=1S/C19H18BrNO3S/c20-13-5-3-4-12(10-13)15-11-16(15)19(22)21-17-8-9-25(23,24)18-7-2-1-6-14(17)18/h1-7,10,15-17H,8-9,11H2,(H,21,22). The lowest BCUT2D eigenvalue weighted by Crippen LogP contribution is -2.34. The van der Waals surface area contributed by atoms with Gasteiger partial charge in [0.15, 0.2) is 9.84 Å². The normalized spacial score (nSPS) is 26.5. The molecule has 2 aromatic carbocycles. The number of rotatable bonds is 3. The van der Waals surface area contributed by atoms with Crippen molar-refractivity contribution in [2.24, 2.45) is 5.92 Å². The molecule has 0 aromatic heterocycles. The van der Waals surface area contributed by atoms with Crippen LogP contribution in [0.3, 0.4) is 0 Å². The molecule has 1 amide bonds. The first-order valence-corrected chi connectivity index (χ1v) is 10.8. The SMILES string of the molecule is O=C(NC1CCS(=O)(=O)c2ccccc21)C1CC1c1cccc(Br)c1. The fraction of sp³-hybridized carbons (Fsp3) is 0.316. The van der Waals surface area contributed by atoms with Crippen molar-refractivity contribution in [1.82, 2.24) is 5.32 Å². The first-order chi connectivity index (χ1) is 12.0. The molecule has 3 unspecified atom stereocenters. The molecule has 0 saturated heterocycles. The smallest absolute Gasteiger partial charge is 0.224 e. The number of amides is 1.